The Labute approximate surface area is 258 Å². The van der Waals surface area contributed by atoms with E-state index in [1.807, 2.05) is 12.2 Å². The van der Waals surface area contributed by atoms with E-state index in [2.05, 4.69) is 128 Å². The summed E-state index contributed by atoms with van der Waals surface area (Å²) in [5.41, 5.74) is 11.0. The Bertz CT molecular complexity index is 1510. The normalized spacial score (nSPS) is 12.6. The topological polar surface area (TPSA) is 0 Å². The summed E-state index contributed by atoms with van der Waals surface area (Å²) < 4.78 is 3.94. The molecule has 4 aromatic rings. The molecule has 0 fully saturated rings. The Kier molecular flexibility index (Phi) is 10.3. The fraction of sp³-hybridized carbons (Fsp3) is 0.108. The average molecular weight is 639 g/mol. The maximum atomic E-state index is 4.06. The minimum Gasteiger partial charge on any atom is -1.00 e. The molecule has 0 N–H and O–H groups in total. The first-order valence-electron chi connectivity index (χ1n) is 13.4. The Balaban J connectivity index is 0.00000185. The maximum absolute atomic E-state index is 4.06. The van der Waals surface area contributed by atoms with E-state index in [1.54, 1.807) is 6.49 Å². The first kappa shape index (κ1) is 30.1. The van der Waals surface area contributed by atoms with E-state index < -0.39 is 21.3 Å². The molecule has 0 atom stereocenters. The summed E-state index contributed by atoms with van der Waals surface area (Å²) in [5.74, 6) is 0. The minimum absolute atomic E-state index is 0. The number of fused-ring (bicyclic) bond motifs is 3. The zero-order valence-electron chi connectivity index (χ0n) is 22.5. The second-order valence-corrected chi connectivity index (χ2v) is 17.0. The van der Waals surface area contributed by atoms with Crippen LogP contribution in [0.15, 0.2) is 132 Å². The fourth-order valence-electron chi connectivity index (χ4n) is 6.05. The third-order valence-electron chi connectivity index (χ3n) is 7.85. The van der Waals surface area contributed by atoms with Gasteiger partial charge in [-0.05, 0) is 0 Å². The molecule has 0 saturated carbocycles. The van der Waals surface area contributed by atoms with Gasteiger partial charge >= 0.3 is 236 Å². The van der Waals surface area contributed by atoms with Gasteiger partial charge in [0, 0.05) is 0 Å². The van der Waals surface area contributed by atoms with Crippen LogP contribution in [0.4, 0.5) is 0 Å². The third kappa shape index (κ3) is 6.08. The number of hydrogen-bond donors (Lipinski definition) is 0. The van der Waals surface area contributed by atoms with Crippen molar-refractivity contribution in [1.82, 2.24) is 0 Å². The van der Waals surface area contributed by atoms with Crippen LogP contribution < -0.4 is 24.8 Å². The first-order chi connectivity index (χ1) is 18.7. The zero-order chi connectivity index (χ0) is 25.9. The molecule has 0 spiro atoms. The van der Waals surface area contributed by atoms with Gasteiger partial charge < -0.3 is 24.8 Å². The van der Waals surface area contributed by atoms with E-state index in [0.29, 0.717) is 3.63 Å². The van der Waals surface area contributed by atoms with E-state index in [4.69, 9.17) is 0 Å². The SMILES string of the molecule is C=Cc1ccc2c(c1)-c1cc(C=C)ccc1[CH]2[Zr+2]([C]1=CC=CC1)=[C](Cc1ccccc1)Cc1ccccc1.[Cl-].[Cl-]. The molecular formula is C37H32Cl2Zr. The molecule has 0 nitrogen and oxygen atoms in total. The molecule has 2 aliphatic rings. The number of halogens is 2. The van der Waals surface area contributed by atoms with Crippen LogP contribution in [0.5, 0.6) is 0 Å². The molecule has 198 valence electrons. The largest absolute Gasteiger partial charge is 1.00 e. The van der Waals surface area contributed by atoms with Gasteiger partial charge in [-0.15, -0.1) is 0 Å². The van der Waals surface area contributed by atoms with Crippen molar-refractivity contribution in [1.29, 1.82) is 0 Å². The van der Waals surface area contributed by atoms with Crippen molar-refractivity contribution in [2.45, 2.75) is 22.9 Å². The summed E-state index contributed by atoms with van der Waals surface area (Å²) in [7, 11) is 0. The molecule has 0 aliphatic heterocycles. The van der Waals surface area contributed by atoms with Crippen LogP contribution >= 0.6 is 0 Å². The van der Waals surface area contributed by atoms with Gasteiger partial charge in [0.2, 0.25) is 0 Å². The monoisotopic (exact) mass is 636 g/mol. The van der Waals surface area contributed by atoms with Crippen molar-refractivity contribution in [3.05, 3.63) is 165 Å². The van der Waals surface area contributed by atoms with Crippen molar-refractivity contribution < 1.29 is 46.1 Å². The van der Waals surface area contributed by atoms with E-state index in [0.717, 1.165) is 19.3 Å². The molecule has 0 aromatic heterocycles. The standard InChI is InChI=1S/C17H13.C15H14.C5H5.2ClH.Zr/c1-3-12-5-7-14-11-15-8-6-13(4-2)10-17(15)16(14)9-12;1-3-8-14(9-4-1)12-7-13-15-10-5-2-6-11-15;1-2-4-5-3-1;;;/h3-11H,1-2H2;1-6,8-11H,12-13H2;1-3H,4H2;2*1H;/q;;;;;+2/p-2. The smallest absolute Gasteiger partial charge is 1.00 e. The van der Waals surface area contributed by atoms with E-state index in [-0.39, 0.29) is 24.8 Å². The van der Waals surface area contributed by atoms with Gasteiger partial charge in [0.05, 0.1) is 0 Å². The van der Waals surface area contributed by atoms with Gasteiger partial charge in [0.15, 0.2) is 0 Å². The van der Waals surface area contributed by atoms with E-state index >= 15 is 0 Å². The van der Waals surface area contributed by atoms with Crippen molar-refractivity contribution in [2.75, 3.05) is 0 Å². The van der Waals surface area contributed by atoms with Crippen LogP contribution in [-0.2, 0) is 34.1 Å². The summed E-state index contributed by atoms with van der Waals surface area (Å²) in [5, 5.41) is 0. The molecule has 6 rings (SSSR count). The predicted molar refractivity (Wildman–Crippen MR) is 161 cm³/mol. The molecule has 4 aromatic carbocycles. The molecular weight excluding hydrogens is 607 g/mol. The first-order valence-corrected chi connectivity index (χ1v) is 17.3. The van der Waals surface area contributed by atoms with Crippen LogP contribution in [0, 0.1) is 0 Å². The average Bonchev–Trinajstić information content (AvgIpc) is 3.61. The maximum Gasteiger partial charge on any atom is -1.00 e. The third-order valence-corrected chi connectivity index (χ3v) is 16.1. The molecule has 40 heavy (non-hydrogen) atoms. The van der Waals surface area contributed by atoms with Crippen LogP contribution in [0.3, 0.4) is 0 Å². The van der Waals surface area contributed by atoms with Gasteiger partial charge in [-0.1, -0.05) is 0 Å². The molecule has 0 radical (unpaired) electrons. The van der Waals surface area contributed by atoms with Crippen LogP contribution in [0.25, 0.3) is 23.3 Å². The Hall–Kier alpha value is -2.83. The van der Waals surface area contributed by atoms with Crippen molar-refractivity contribution >= 4 is 15.4 Å². The van der Waals surface area contributed by atoms with Gasteiger partial charge in [0.25, 0.3) is 0 Å². The zero-order valence-corrected chi connectivity index (χ0v) is 26.5. The predicted octanol–water partition coefficient (Wildman–Crippen LogP) is 3.17. The Morgan fingerprint density at radius 3 is 1.62 bits per heavy atom. The van der Waals surface area contributed by atoms with Crippen molar-refractivity contribution in [2.24, 2.45) is 0 Å². The fourth-order valence-corrected chi connectivity index (χ4v) is 15.3. The molecule has 0 amide bonds. The summed E-state index contributed by atoms with van der Waals surface area (Å²) in [6.45, 7) is 8.12. The molecule has 3 heteroatoms. The summed E-state index contributed by atoms with van der Waals surface area (Å²) in [4.78, 5) is 0. The second-order valence-electron chi connectivity index (χ2n) is 10.2. The Morgan fingerprint density at radius 1 is 0.700 bits per heavy atom. The number of rotatable bonds is 8. The van der Waals surface area contributed by atoms with Crippen molar-refractivity contribution in [3.8, 4) is 11.1 Å². The number of benzene rings is 4. The van der Waals surface area contributed by atoms with Gasteiger partial charge in [-0.25, -0.2) is 0 Å². The van der Waals surface area contributed by atoms with Crippen LogP contribution in [0.1, 0.15) is 43.4 Å². The molecule has 0 bridgehead atoms. The number of allylic oxidation sites excluding steroid dienone is 4. The second kappa shape index (κ2) is 13.7. The van der Waals surface area contributed by atoms with Gasteiger partial charge in [-0.2, -0.15) is 0 Å². The van der Waals surface area contributed by atoms with Crippen molar-refractivity contribution in [3.63, 3.8) is 0 Å². The number of hydrogen-bond acceptors (Lipinski definition) is 0. The molecule has 0 saturated heterocycles. The summed E-state index contributed by atoms with van der Waals surface area (Å²) in [6, 6.07) is 36.2. The van der Waals surface area contributed by atoms with Gasteiger partial charge in [-0.3, -0.25) is 0 Å². The van der Waals surface area contributed by atoms with Crippen LogP contribution in [-0.4, -0.2) is 3.21 Å². The van der Waals surface area contributed by atoms with Gasteiger partial charge in [0.1, 0.15) is 0 Å². The van der Waals surface area contributed by atoms with Crippen LogP contribution in [0.2, 0.25) is 0 Å². The van der Waals surface area contributed by atoms with E-state index in [1.165, 1.54) is 44.5 Å². The molecule has 0 unspecified atom stereocenters. The molecule has 0 heterocycles. The van der Waals surface area contributed by atoms with E-state index in [9.17, 15) is 0 Å². The quantitative estimate of drug-likeness (QED) is 0.279. The molecule has 2 aliphatic carbocycles. The summed E-state index contributed by atoms with van der Waals surface area (Å²) in [6.07, 6.45) is 14.2. The summed E-state index contributed by atoms with van der Waals surface area (Å²) >= 11 is -2.47. The minimum atomic E-state index is -2.47. The Morgan fingerprint density at radius 2 is 1.20 bits per heavy atom.